The number of nitrogens with one attached hydrogen (secondary N) is 1. The van der Waals surface area contributed by atoms with Gasteiger partial charge in [0.2, 0.25) is 5.91 Å². The Kier molecular flexibility index (Phi) is 6.10. The van der Waals surface area contributed by atoms with E-state index in [0.717, 1.165) is 69.0 Å². The first kappa shape index (κ1) is 18.4. The lowest BCUT2D eigenvalue weighted by atomic mass is 10.1. The van der Waals surface area contributed by atoms with Gasteiger partial charge in [-0.3, -0.25) is 14.6 Å². The summed E-state index contributed by atoms with van der Waals surface area (Å²) < 4.78 is 5.46. The first-order valence-electron chi connectivity index (χ1n) is 9.45. The van der Waals surface area contributed by atoms with Gasteiger partial charge in [0.25, 0.3) is 0 Å². The van der Waals surface area contributed by atoms with Gasteiger partial charge < -0.3 is 10.1 Å². The highest BCUT2D eigenvalue weighted by atomic mass is 16.5. The van der Waals surface area contributed by atoms with Crippen LogP contribution in [0.15, 0.2) is 12.1 Å². The lowest BCUT2D eigenvalue weighted by Gasteiger charge is -2.40. The molecule has 5 heteroatoms. The Bertz CT molecular complexity index is 580. The van der Waals surface area contributed by atoms with Gasteiger partial charge in [-0.15, -0.1) is 0 Å². The lowest BCUT2D eigenvalue weighted by molar-refractivity contribution is -0.117. The molecule has 0 atom stereocenters. The summed E-state index contributed by atoms with van der Waals surface area (Å²) in [6.07, 6.45) is 2.29. The van der Waals surface area contributed by atoms with Gasteiger partial charge in [-0.2, -0.15) is 0 Å². The Morgan fingerprint density at radius 2 is 1.68 bits per heavy atom. The number of piperazine rings is 1. The summed E-state index contributed by atoms with van der Waals surface area (Å²) in [4.78, 5) is 17.3. The molecule has 0 radical (unpaired) electrons. The van der Waals surface area contributed by atoms with Gasteiger partial charge in [0.15, 0.2) is 0 Å². The van der Waals surface area contributed by atoms with E-state index in [1.165, 1.54) is 5.56 Å². The number of benzene rings is 1. The molecule has 0 aliphatic carbocycles. The Labute approximate surface area is 151 Å². The van der Waals surface area contributed by atoms with Crippen molar-refractivity contribution in [2.75, 3.05) is 51.3 Å². The van der Waals surface area contributed by atoms with E-state index in [1.807, 2.05) is 0 Å². The molecule has 2 saturated heterocycles. The van der Waals surface area contributed by atoms with Crippen LogP contribution in [0, 0.1) is 20.8 Å². The van der Waals surface area contributed by atoms with E-state index in [-0.39, 0.29) is 5.91 Å². The smallest absolute Gasteiger partial charge is 0.238 e. The van der Waals surface area contributed by atoms with Crippen LogP contribution in [0.5, 0.6) is 0 Å². The summed E-state index contributed by atoms with van der Waals surface area (Å²) in [6.45, 7) is 12.5. The van der Waals surface area contributed by atoms with Crippen LogP contribution >= 0.6 is 0 Å². The third-order valence-electron chi connectivity index (χ3n) is 5.42. The van der Waals surface area contributed by atoms with E-state index < -0.39 is 0 Å². The minimum atomic E-state index is 0.0922. The molecule has 5 nitrogen and oxygen atoms in total. The fraction of sp³-hybridized carbons (Fsp3) is 0.650. The van der Waals surface area contributed by atoms with Crippen molar-refractivity contribution < 1.29 is 9.53 Å². The van der Waals surface area contributed by atoms with Crippen molar-refractivity contribution in [1.82, 2.24) is 9.80 Å². The minimum absolute atomic E-state index is 0.0922. The largest absolute Gasteiger partial charge is 0.381 e. The zero-order valence-corrected chi connectivity index (χ0v) is 15.8. The van der Waals surface area contributed by atoms with Crippen molar-refractivity contribution in [2.24, 2.45) is 0 Å². The van der Waals surface area contributed by atoms with Crippen LogP contribution in [0.25, 0.3) is 0 Å². The average Bonchev–Trinajstić information content (AvgIpc) is 2.59. The maximum absolute atomic E-state index is 12.5. The molecule has 1 N–H and O–H groups in total. The summed E-state index contributed by atoms with van der Waals surface area (Å²) in [5.41, 5.74) is 4.47. The summed E-state index contributed by atoms with van der Waals surface area (Å²) in [5, 5.41) is 3.12. The predicted octanol–water partition coefficient (Wildman–Crippen LogP) is 2.35. The summed E-state index contributed by atoms with van der Waals surface area (Å²) in [5.74, 6) is 0.0922. The number of carbonyl (C=O) groups excluding carboxylic acids is 1. The maximum Gasteiger partial charge on any atom is 0.238 e. The average molecular weight is 345 g/mol. The SMILES string of the molecule is Cc1cc(C)c(NC(=O)CN2CCN(C3CCOCC3)CC2)c(C)c1. The van der Waals surface area contributed by atoms with Crippen LogP contribution in [0.3, 0.4) is 0 Å². The van der Waals surface area contributed by atoms with Crippen LogP contribution in [-0.4, -0.2) is 67.7 Å². The molecule has 0 unspecified atom stereocenters. The predicted molar refractivity (Wildman–Crippen MR) is 101 cm³/mol. The number of amides is 1. The highest BCUT2D eigenvalue weighted by Crippen LogP contribution is 2.22. The molecule has 0 saturated carbocycles. The van der Waals surface area contributed by atoms with Crippen molar-refractivity contribution in [3.8, 4) is 0 Å². The van der Waals surface area contributed by atoms with E-state index in [1.54, 1.807) is 0 Å². The Morgan fingerprint density at radius 1 is 1.08 bits per heavy atom. The molecule has 0 spiro atoms. The Balaban J connectivity index is 1.48. The zero-order valence-electron chi connectivity index (χ0n) is 15.8. The first-order valence-corrected chi connectivity index (χ1v) is 9.45. The second-order valence-electron chi connectivity index (χ2n) is 7.48. The lowest BCUT2D eigenvalue weighted by Crippen LogP contribution is -2.52. The van der Waals surface area contributed by atoms with E-state index >= 15 is 0 Å². The van der Waals surface area contributed by atoms with E-state index in [4.69, 9.17) is 4.74 Å². The molecule has 138 valence electrons. The molecular formula is C20H31N3O2. The number of ether oxygens (including phenoxy) is 1. The summed E-state index contributed by atoms with van der Waals surface area (Å²) in [6, 6.07) is 4.91. The molecule has 2 aliphatic heterocycles. The van der Waals surface area contributed by atoms with Crippen molar-refractivity contribution in [3.05, 3.63) is 28.8 Å². The fourth-order valence-electron chi connectivity index (χ4n) is 4.10. The van der Waals surface area contributed by atoms with Gasteiger partial charge in [-0.05, 0) is 44.7 Å². The molecule has 2 heterocycles. The first-order chi connectivity index (χ1) is 12.0. The molecule has 2 aliphatic rings. The maximum atomic E-state index is 12.5. The third kappa shape index (κ3) is 4.81. The van der Waals surface area contributed by atoms with Crippen LogP contribution in [-0.2, 0) is 9.53 Å². The van der Waals surface area contributed by atoms with Crippen molar-refractivity contribution in [3.63, 3.8) is 0 Å². The Hall–Kier alpha value is -1.43. The van der Waals surface area contributed by atoms with Gasteiger partial charge >= 0.3 is 0 Å². The molecule has 1 aromatic rings. The van der Waals surface area contributed by atoms with Gasteiger partial charge in [-0.1, -0.05) is 17.7 Å². The molecule has 1 aromatic carbocycles. The van der Waals surface area contributed by atoms with Gasteiger partial charge in [0.05, 0.1) is 6.54 Å². The van der Waals surface area contributed by atoms with Crippen LogP contribution < -0.4 is 5.32 Å². The van der Waals surface area contributed by atoms with E-state index in [2.05, 4.69) is 48.0 Å². The summed E-state index contributed by atoms with van der Waals surface area (Å²) >= 11 is 0. The number of rotatable bonds is 4. The van der Waals surface area contributed by atoms with Gasteiger partial charge in [0.1, 0.15) is 0 Å². The van der Waals surface area contributed by atoms with Crippen LogP contribution in [0.4, 0.5) is 5.69 Å². The van der Waals surface area contributed by atoms with Crippen LogP contribution in [0.2, 0.25) is 0 Å². The highest BCUT2D eigenvalue weighted by Gasteiger charge is 2.26. The molecular weight excluding hydrogens is 314 g/mol. The van der Waals surface area contributed by atoms with E-state index in [0.29, 0.717) is 12.6 Å². The quantitative estimate of drug-likeness (QED) is 0.910. The number of hydrogen-bond donors (Lipinski definition) is 1. The number of nitrogens with zero attached hydrogens (tertiary/aromatic N) is 2. The monoisotopic (exact) mass is 345 g/mol. The fourth-order valence-corrected chi connectivity index (χ4v) is 4.10. The van der Waals surface area contributed by atoms with Crippen molar-refractivity contribution >= 4 is 11.6 Å². The molecule has 0 bridgehead atoms. The topological polar surface area (TPSA) is 44.8 Å². The molecule has 3 rings (SSSR count). The second-order valence-corrected chi connectivity index (χ2v) is 7.48. The zero-order chi connectivity index (χ0) is 17.8. The summed E-state index contributed by atoms with van der Waals surface area (Å²) in [7, 11) is 0. The van der Waals surface area contributed by atoms with Gasteiger partial charge in [0, 0.05) is 51.1 Å². The van der Waals surface area contributed by atoms with Crippen LogP contribution in [0.1, 0.15) is 29.5 Å². The van der Waals surface area contributed by atoms with Crippen molar-refractivity contribution in [1.29, 1.82) is 0 Å². The molecule has 1 amide bonds. The number of aryl methyl sites for hydroxylation is 3. The highest BCUT2D eigenvalue weighted by molar-refractivity contribution is 5.93. The second kappa shape index (κ2) is 8.30. The van der Waals surface area contributed by atoms with Crippen molar-refractivity contribution in [2.45, 2.75) is 39.7 Å². The minimum Gasteiger partial charge on any atom is -0.381 e. The van der Waals surface area contributed by atoms with Gasteiger partial charge in [-0.25, -0.2) is 0 Å². The van der Waals surface area contributed by atoms with E-state index in [9.17, 15) is 4.79 Å². The molecule has 0 aromatic heterocycles. The third-order valence-corrected chi connectivity index (χ3v) is 5.42. The Morgan fingerprint density at radius 3 is 2.28 bits per heavy atom. The molecule has 25 heavy (non-hydrogen) atoms. The molecule has 2 fully saturated rings. The normalized spacial score (nSPS) is 20.6. The number of carbonyl (C=O) groups is 1. The number of hydrogen-bond acceptors (Lipinski definition) is 4. The number of anilines is 1. The standard InChI is InChI=1S/C20H31N3O2/c1-15-12-16(2)20(17(3)13-15)21-19(24)14-22-6-8-23(9-7-22)18-4-10-25-11-5-18/h12-13,18H,4-11,14H2,1-3H3,(H,21,24).